The molecule has 36 heavy (non-hydrogen) atoms. The number of piperidine rings is 1. The summed E-state index contributed by atoms with van der Waals surface area (Å²) in [6.07, 6.45) is -2.24. The molecule has 9 nitrogen and oxygen atoms in total. The third kappa shape index (κ3) is 5.36. The van der Waals surface area contributed by atoms with E-state index in [2.05, 4.69) is 5.32 Å². The van der Waals surface area contributed by atoms with Crippen molar-refractivity contribution in [3.63, 3.8) is 0 Å². The highest BCUT2D eigenvalue weighted by Gasteiger charge is 2.70. The van der Waals surface area contributed by atoms with Crippen molar-refractivity contribution in [2.75, 3.05) is 6.54 Å². The lowest BCUT2D eigenvalue weighted by atomic mass is 9.80. The first-order chi connectivity index (χ1) is 16.4. The van der Waals surface area contributed by atoms with E-state index < -0.39 is 59.1 Å². The smallest absolute Gasteiger partial charge is 0.363 e. The maximum absolute atomic E-state index is 13.5. The van der Waals surface area contributed by atoms with Crippen molar-refractivity contribution >= 4 is 29.4 Å². The van der Waals surface area contributed by atoms with Crippen LogP contribution in [0.2, 0.25) is 0 Å². The van der Waals surface area contributed by atoms with Crippen molar-refractivity contribution in [2.45, 2.75) is 84.6 Å². The first kappa shape index (κ1) is 27.9. The van der Waals surface area contributed by atoms with Crippen LogP contribution in [0.4, 0.5) is 13.2 Å². The molecule has 12 heteroatoms. The van der Waals surface area contributed by atoms with Crippen molar-refractivity contribution in [1.29, 1.82) is 0 Å². The Kier molecular flexibility index (Phi) is 7.24. The zero-order chi connectivity index (χ0) is 27.4. The number of carbonyl (C=O) groups excluding carboxylic acids is 5. The van der Waals surface area contributed by atoms with Crippen molar-refractivity contribution in [3.8, 4) is 0 Å². The van der Waals surface area contributed by atoms with Gasteiger partial charge in [0.1, 0.15) is 12.1 Å². The number of carbonyl (C=O) groups is 5. The lowest BCUT2D eigenvalue weighted by molar-refractivity contribution is -0.176. The standard InChI is InChI=1S/C24H35F3N4O5/c1-22(2,3)17(30-21(36)24(25,26)27)20(35)31-10-12-14(23(12,4)5)15(31)19(34)29-13(16(32)18(28)33)9-11-7-6-8-11/h11-15,17H,6-10H2,1-5H3,(H2,28,33)(H,29,34)(H,30,36). The Balaban J connectivity index is 1.86. The summed E-state index contributed by atoms with van der Waals surface area (Å²) in [6.45, 7) is 8.53. The Morgan fingerprint density at radius 1 is 1.06 bits per heavy atom. The van der Waals surface area contributed by atoms with Gasteiger partial charge in [0.2, 0.25) is 17.6 Å². The van der Waals surface area contributed by atoms with Crippen molar-refractivity contribution < 1.29 is 37.1 Å². The maximum atomic E-state index is 13.5. The second-order valence-corrected chi connectivity index (χ2v) is 12.0. The Morgan fingerprint density at radius 3 is 2.08 bits per heavy atom. The predicted octanol–water partition coefficient (Wildman–Crippen LogP) is 1.29. The molecular formula is C24H35F3N4O5. The van der Waals surface area contributed by atoms with Gasteiger partial charge in [-0.3, -0.25) is 24.0 Å². The van der Waals surface area contributed by atoms with Gasteiger partial charge >= 0.3 is 12.1 Å². The normalized spacial score (nSPS) is 26.8. The van der Waals surface area contributed by atoms with Gasteiger partial charge in [0.25, 0.3) is 5.91 Å². The molecule has 0 aromatic carbocycles. The second-order valence-electron chi connectivity index (χ2n) is 12.0. The molecule has 3 aliphatic rings. The molecule has 4 amide bonds. The van der Waals surface area contributed by atoms with Gasteiger partial charge in [-0.1, -0.05) is 53.9 Å². The molecule has 202 valence electrons. The Morgan fingerprint density at radius 2 is 1.64 bits per heavy atom. The molecule has 0 spiro atoms. The van der Waals surface area contributed by atoms with E-state index in [1.807, 2.05) is 13.8 Å². The van der Waals surface area contributed by atoms with Crippen LogP contribution >= 0.6 is 0 Å². The zero-order valence-electron chi connectivity index (χ0n) is 21.2. The number of alkyl halides is 3. The van der Waals surface area contributed by atoms with E-state index in [0.717, 1.165) is 19.3 Å². The molecule has 1 heterocycles. The van der Waals surface area contributed by atoms with E-state index in [4.69, 9.17) is 5.73 Å². The molecule has 2 aliphatic carbocycles. The van der Waals surface area contributed by atoms with Crippen LogP contribution in [0, 0.1) is 28.6 Å². The highest BCUT2D eigenvalue weighted by Crippen LogP contribution is 2.65. The maximum Gasteiger partial charge on any atom is 0.471 e. The van der Waals surface area contributed by atoms with E-state index in [1.165, 1.54) is 25.7 Å². The van der Waals surface area contributed by atoms with Gasteiger partial charge < -0.3 is 21.3 Å². The second kappa shape index (κ2) is 9.33. The minimum Gasteiger partial charge on any atom is -0.363 e. The number of primary amides is 1. The van der Waals surface area contributed by atoms with Crippen LogP contribution in [0.15, 0.2) is 0 Å². The van der Waals surface area contributed by atoms with Crippen LogP contribution in [-0.4, -0.2) is 65.2 Å². The van der Waals surface area contributed by atoms with Gasteiger partial charge in [0.05, 0.1) is 6.04 Å². The number of nitrogens with zero attached hydrogens (tertiary/aromatic N) is 1. The summed E-state index contributed by atoms with van der Waals surface area (Å²) in [4.78, 5) is 63.9. The summed E-state index contributed by atoms with van der Waals surface area (Å²) in [5.74, 6) is -6.01. The summed E-state index contributed by atoms with van der Waals surface area (Å²) < 4.78 is 38.9. The number of fused-ring (bicyclic) bond motifs is 1. The number of hydrogen-bond acceptors (Lipinski definition) is 5. The molecule has 4 N–H and O–H groups in total. The van der Waals surface area contributed by atoms with Gasteiger partial charge in [0, 0.05) is 6.54 Å². The summed E-state index contributed by atoms with van der Waals surface area (Å²) in [7, 11) is 0. The van der Waals surface area contributed by atoms with Gasteiger partial charge in [-0.05, 0) is 35.0 Å². The number of halogens is 3. The molecule has 0 aromatic heterocycles. The number of Topliss-reactive ketones (excluding diaryl/α,β-unsaturated/α-hetero) is 1. The van der Waals surface area contributed by atoms with Crippen molar-refractivity contribution in [2.24, 2.45) is 34.3 Å². The minimum atomic E-state index is -5.18. The summed E-state index contributed by atoms with van der Waals surface area (Å²) in [5, 5.41) is 4.41. The first-order valence-corrected chi connectivity index (χ1v) is 12.2. The van der Waals surface area contributed by atoms with Crippen molar-refractivity contribution in [1.82, 2.24) is 15.5 Å². The molecule has 3 fully saturated rings. The Labute approximate surface area is 208 Å². The number of nitrogens with two attached hydrogens (primary N) is 1. The van der Waals surface area contributed by atoms with E-state index in [9.17, 15) is 37.1 Å². The van der Waals surface area contributed by atoms with Crippen LogP contribution in [0.3, 0.4) is 0 Å². The molecule has 5 atom stereocenters. The van der Waals surface area contributed by atoms with E-state index in [-0.39, 0.29) is 36.1 Å². The summed E-state index contributed by atoms with van der Waals surface area (Å²) >= 11 is 0. The topological polar surface area (TPSA) is 139 Å². The predicted molar refractivity (Wildman–Crippen MR) is 122 cm³/mol. The van der Waals surface area contributed by atoms with E-state index in [0.29, 0.717) is 0 Å². The summed E-state index contributed by atoms with van der Waals surface area (Å²) in [6, 6.07) is -3.74. The van der Waals surface area contributed by atoms with Gasteiger partial charge in [-0.15, -0.1) is 0 Å². The fraction of sp³-hybridized carbons (Fsp3) is 0.792. The number of likely N-dealkylation sites (tertiary alicyclic amines) is 1. The lowest BCUT2D eigenvalue weighted by Crippen LogP contribution is -2.61. The van der Waals surface area contributed by atoms with Crippen LogP contribution in [0.1, 0.15) is 60.3 Å². The molecule has 0 aromatic rings. The van der Waals surface area contributed by atoms with Gasteiger partial charge in [-0.25, -0.2) is 0 Å². The quantitative estimate of drug-likeness (QED) is 0.418. The first-order valence-electron chi connectivity index (χ1n) is 12.2. The number of amides is 4. The number of hydrogen-bond donors (Lipinski definition) is 3. The van der Waals surface area contributed by atoms with Crippen LogP contribution in [0.25, 0.3) is 0 Å². The largest absolute Gasteiger partial charge is 0.471 e. The van der Waals surface area contributed by atoms with E-state index in [1.54, 1.807) is 5.32 Å². The average molecular weight is 517 g/mol. The fourth-order valence-electron chi connectivity index (χ4n) is 5.56. The van der Waals surface area contributed by atoms with E-state index >= 15 is 0 Å². The molecule has 0 bridgehead atoms. The zero-order valence-corrected chi connectivity index (χ0v) is 21.2. The minimum absolute atomic E-state index is 0.0759. The van der Waals surface area contributed by atoms with Crippen LogP contribution < -0.4 is 16.4 Å². The highest BCUT2D eigenvalue weighted by atomic mass is 19.4. The molecule has 0 radical (unpaired) electrons. The Bertz CT molecular complexity index is 954. The number of nitrogens with one attached hydrogen (secondary N) is 2. The molecule has 3 rings (SSSR count). The van der Waals surface area contributed by atoms with Crippen molar-refractivity contribution in [3.05, 3.63) is 0 Å². The molecule has 5 unspecified atom stereocenters. The van der Waals surface area contributed by atoms with Crippen LogP contribution in [0.5, 0.6) is 0 Å². The average Bonchev–Trinajstić information content (AvgIpc) is 3.06. The SMILES string of the molecule is CC(C)(C)C(NC(=O)C(F)(F)F)C(=O)N1CC2C(C1C(=O)NC(CC1CCC1)C(=O)C(N)=O)C2(C)C. The molecule has 1 saturated heterocycles. The van der Waals surface area contributed by atoms with Crippen LogP contribution in [-0.2, 0) is 24.0 Å². The molecule has 1 aliphatic heterocycles. The Hall–Kier alpha value is -2.66. The molecule has 2 saturated carbocycles. The lowest BCUT2D eigenvalue weighted by Gasteiger charge is -2.38. The van der Waals surface area contributed by atoms with Gasteiger partial charge in [0.15, 0.2) is 0 Å². The van der Waals surface area contributed by atoms with Gasteiger partial charge in [-0.2, -0.15) is 13.2 Å². The third-order valence-corrected chi connectivity index (χ3v) is 8.08. The number of rotatable bonds is 8. The summed E-state index contributed by atoms with van der Waals surface area (Å²) in [5.41, 5.74) is 3.80. The number of ketones is 1. The highest BCUT2D eigenvalue weighted by molar-refractivity contribution is 6.37. The fourth-order valence-corrected chi connectivity index (χ4v) is 5.56. The monoisotopic (exact) mass is 516 g/mol. The molecular weight excluding hydrogens is 481 g/mol. The third-order valence-electron chi connectivity index (χ3n) is 8.08.